The van der Waals surface area contributed by atoms with E-state index >= 15 is 0 Å². The van der Waals surface area contributed by atoms with Crippen molar-refractivity contribution in [1.29, 1.82) is 0 Å². The predicted octanol–water partition coefficient (Wildman–Crippen LogP) is 5.01. The molecule has 2 amide bonds. The summed E-state index contributed by atoms with van der Waals surface area (Å²) >= 11 is 2.96. The van der Waals surface area contributed by atoms with Crippen molar-refractivity contribution in [2.45, 2.75) is 51.4 Å². The van der Waals surface area contributed by atoms with E-state index in [9.17, 15) is 9.59 Å². The van der Waals surface area contributed by atoms with Gasteiger partial charge in [-0.2, -0.15) is 9.98 Å². The maximum absolute atomic E-state index is 12.5. The second kappa shape index (κ2) is 12.7. The molecule has 2 aromatic carbocycles. The van der Waals surface area contributed by atoms with Crippen LogP contribution < -0.4 is 28.6 Å². The van der Waals surface area contributed by atoms with Crippen molar-refractivity contribution in [2.24, 2.45) is 24.1 Å². The lowest BCUT2D eigenvalue weighted by molar-refractivity contribution is -0.119. The average molecular weight is 611 g/mol. The second-order valence-corrected chi connectivity index (χ2v) is 12.5. The van der Waals surface area contributed by atoms with Gasteiger partial charge in [0, 0.05) is 51.2 Å². The van der Waals surface area contributed by atoms with Crippen molar-refractivity contribution in [3.05, 3.63) is 33.9 Å². The number of carbonyl (C=O) groups excluding carboxylic acids is 2. The van der Waals surface area contributed by atoms with Gasteiger partial charge < -0.3 is 28.1 Å². The van der Waals surface area contributed by atoms with E-state index in [1.54, 1.807) is 0 Å². The number of amides is 2. The van der Waals surface area contributed by atoms with Crippen molar-refractivity contribution in [3.63, 3.8) is 0 Å². The van der Waals surface area contributed by atoms with Gasteiger partial charge in [-0.25, -0.2) is 0 Å². The molecular formula is C30H34N4O6S2. The lowest BCUT2D eigenvalue weighted by Crippen LogP contribution is -2.15. The summed E-state index contributed by atoms with van der Waals surface area (Å²) < 4.78 is 28.6. The highest BCUT2D eigenvalue weighted by Crippen LogP contribution is 2.36. The Balaban J connectivity index is 0.923. The zero-order valence-corrected chi connectivity index (χ0v) is 25.5. The van der Waals surface area contributed by atoms with Gasteiger partial charge in [-0.3, -0.25) is 9.59 Å². The van der Waals surface area contributed by atoms with Crippen molar-refractivity contribution in [2.75, 3.05) is 26.4 Å². The van der Waals surface area contributed by atoms with Gasteiger partial charge in [0.15, 0.2) is 32.6 Å². The Kier molecular flexibility index (Phi) is 8.61. The normalized spacial score (nSPS) is 15.1. The molecule has 0 N–H and O–H groups in total. The molecule has 2 aliphatic heterocycles. The largest absolute Gasteiger partial charge is 0.486 e. The molecular weight excluding hydrogens is 576 g/mol. The van der Waals surface area contributed by atoms with Crippen LogP contribution in [0.5, 0.6) is 23.0 Å². The summed E-state index contributed by atoms with van der Waals surface area (Å²) in [6.07, 6.45) is 6.47. The molecule has 4 heterocycles. The Hall–Kier alpha value is -3.64. The first-order chi connectivity index (χ1) is 20.5. The highest BCUT2D eigenvalue weighted by molar-refractivity contribution is 7.16. The molecule has 0 atom stereocenters. The van der Waals surface area contributed by atoms with Crippen molar-refractivity contribution in [1.82, 2.24) is 9.13 Å². The van der Waals surface area contributed by atoms with Crippen molar-refractivity contribution >= 4 is 54.9 Å². The van der Waals surface area contributed by atoms with Gasteiger partial charge in [0.25, 0.3) is 0 Å². The van der Waals surface area contributed by atoms with E-state index in [0.717, 1.165) is 82.0 Å². The van der Waals surface area contributed by atoms with Gasteiger partial charge in [-0.15, -0.1) is 0 Å². The predicted molar refractivity (Wildman–Crippen MR) is 162 cm³/mol. The lowest BCUT2D eigenvalue weighted by atomic mass is 10.1. The summed E-state index contributed by atoms with van der Waals surface area (Å²) in [6.45, 7) is 2.16. The van der Waals surface area contributed by atoms with Crippen LogP contribution in [0.2, 0.25) is 0 Å². The number of ether oxygens (including phenoxy) is 4. The summed E-state index contributed by atoms with van der Waals surface area (Å²) in [6, 6.07) is 7.82. The molecule has 0 aliphatic carbocycles. The molecule has 0 fully saturated rings. The van der Waals surface area contributed by atoms with Crippen molar-refractivity contribution in [3.8, 4) is 23.0 Å². The summed E-state index contributed by atoms with van der Waals surface area (Å²) in [7, 11) is 3.83. The number of unbranched alkanes of at least 4 members (excludes halogenated alkanes) is 5. The van der Waals surface area contributed by atoms with Crippen LogP contribution in [0, 0.1) is 0 Å². The number of carbonyl (C=O) groups is 2. The highest BCUT2D eigenvalue weighted by atomic mass is 32.1. The van der Waals surface area contributed by atoms with Crippen LogP contribution in [0.4, 0.5) is 0 Å². The number of aromatic nitrogens is 2. The summed E-state index contributed by atoms with van der Waals surface area (Å²) in [4.78, 5) is 35.1. The smallest absolute Gasteiger partial charge is 0.248 e. The topological polar surface area (TPSA) is 106 Å². The fourth-order valence-electron chi connectivity index (χ4n) is 5.13. The van der Waals surface area contributed by atoms with Gasteiger partial charge in [0.05, 0.1) is 20.4 Å². The average Bonchev–Trinajstić information content (AvgIpc) is 3.45. The first-order valence-corrected chi connectivity index (χ1v) is 16.0. The standard InChI is InChI=1S/C30H34N4O6S2/c1-33-19-15-21-23(39-13-11-37-21)17-25(19)41-29(33)31-27(35)9-7-5-3-4-6-8-10-28(36)32-30-34(2)20-16-22-24(18-26(20)42-30)40-14-12-38-22/h15-18H,3-14H2,1-2H3. The fourth-order valence-corrected chi connectivity index (χ4v) is 7.22. The first kappa shape index (κ1) is 28.5. The Morgan fingerprint density at radius 1 is 0.619 bits per heavy atom. The first-order valence-electron chi connectivity index (χ1n) is 14.4. The van der Waals surface area contributed by atoms with Crippen LogP contribution in [0.25, 0.3) is 20.4 Å². The Morgan fingerprint density at radius 3 is 1.38 bits per heavy atom. The van der Waals surface area contributed by atoms with E-state index in [1.807, 2.05) is 47.5 Å². The van der Waals surface area contributed by atoms with Crippen LogP contribution in [0.15, 0.2) is 34.3 Å². The van der Waals surface area contributed by atoms with Crippen molar-refractivity contribution < 1.29 is 28.5 Å². The molecule has 222 valence electrons. The Morgan fingerprint density at radius 2 is 0.976 bits per heavy atom. The number of aryl methyl sites for hydroxylation is 2. The molecule has 10 nitrogen and oxygen atoms in total. The van der Waals surface area contributed by atoms with E-state index in [1.165, 1.54) is 22.7 Å². The molecule has 4 aromatic rings. The third kappa shape index (κ3) is 6.24. The molecule has 6 rings (SSSR count). The SMILES string of the molecule is Cn1c(=NC(=O)CCCCCCCCC(=O)N=c2sc3cc4c(cc3n2C)OCCO4)sc2cc3c(cc21)OCCO3. The van der Waals surface area contributed by atoms with Crippen LogP contribution in [0.1, 0.15) is 51.4 Å². The number of thiazole rings is 2. The van der Waals surface area contributed by atoms with Crippen LogP contribution in [-0.2, 0) is 23.7 Å². The summed E-state index contributed by atoms with van der Waals surface area (Å²) in [5, 5.41) is 0. The minimum Gasteiger partial charge on any atom is -0.486 e. The van der Waals surface area contributed by atoms with Gasteiger partial charge in [0.1, 0.15) is 26.4 Å². The molecule has 0 radical (unpaired) electrons. The van der Waals surface area contributed by atoms with Gasteiger partial charge in [0.2, 0.25) is 11.8 Å². The molecule has 0 spiro atoms. The third-order valence-electron chi connectivity index (χ3n) is 7.42. The number of fused-ring (bicyclic) bond motifs is 4. The van der Waals surface area contributed by atoms with Crippen LogP contribution in [-0.4, -0.2) is 47.4 Å². The zero-order valence-electron chi connectivity index (χ0n) is 23.8. The van der Waals surface area contributed by atoms with Crippen LogP contribution in [0.3, 0.4) is 0 Å². The monoisotopic (exact) mass is 610 g/mol. The quantitative estimate of drug-likeness (QED) is 0.247. The van der Waals surface area contributed by atoms with Crippen LogP contribution >= 0.6 is 22.7 Å². The van der Waals surface area contributed by atoms with E-state index < -0.39 is 0 Å². The number of benzene rings is 2. The zero-order chi connectivity index (χ0) is 29.1. The molecule has 0 saturated carbocycles. The van der Waals surface area contributed by atoms with E-state index in [4.69, 9.17) is 18.9 Å². The van der Waals surface area contributed by atoms with Gasteiger partial charge in [-0.05, 0) is 12.8 Å². The number of hydrogen-bond acceptors (Lipinski definition) is 8. The van der Waals surface area contributed by atoms with E-state index in [2.05, 4.69) is 9.98 Å². The molecule has 2 aromatic heterocycles. The molecule has 0 saturated heterocycles. The van der Waals surface area contributed by atoms with E-state index in [-0.39, 0.29) is 11.8 Å². The molecule has 42 heavy (non-hydrogen) atoms. The van der Waals surface area contributed by atoms with Gasteiger partial charge in [-0.1, -0.05) is 48.4 Å². The maximum atomic E-state index is 12.5. The third-order valence-corrected chi connectivity index (χ3v) is 9.61. The Bertz CT molecular complexity index is 1650. The summed E-state index contributed by atoms with van der Waals surface area (Å²) in [5.41, 5.74) is 1.95. The van der Waals surface area contributed by atoms with Gasteiger partial charge >= 0.3 is 0 Å². The molecule has 12 heteroatoms. The number of nitrogens with zero attached hydrogens (tertiary/aromatic N) is 4. The van der Waals surface area contributed by atoms with E-state index in [0.29, 0.717) is 48.9 Å². The second-order valence-electron chi connectivity index (χ2n) is 10.4. The summed E-state index contributed by atoms with van der Waals surface area (Å²) in [5.74, 6) is 2.74. The fraction of sp³-hybridized carbons (Fsp3) is 0.467. The lowest BCUT2D eigenvalue weighted by Gasteiger charge is -2.18. The molecule has 2 aliphatic rings. The highest BCUT2D eigenvalue weighted by Gasteiger charge is 2.17. The Labute approximate surface area is 250 Å². The minimum atomic E-state index is -0.101. The molecule has 0 bridgehead atoms. The number of rotatable bonds is 9. The minimum absolute atomic E-state index is 0.101. The number of hydrogen-bond donors (Lipinski definition) is 0. The maximum Gasteiger partial charge on any atom is 0.248 e. The molecule has 0 unspecified atom stereocenters.